The highest BCUT2D eigenvalue weighted by atomic mass is 16.5. The highest BCUT2D eigenvalue weighted by Gasteiger charge is 2.30. The summed E-state index contributed by atoms with van der Waals surface area (Å²) in [6.07, 6.45) is 4.71. The third-order valence-electron chi connectivity index (χ3n) is 4.79. The number of hydrogen-bond donors (Lipinski definition) is 2. The zero-order chi connectivity index (χ0) is 14.7. The summed E-state index contributed by atoms with van der Waals surface area (Å²) in [6.45, 7) is 2.01. The highest BCUT2D eigenvalue weighted by Crippen LogP contribution is 2.26. The van der Waals surface area contributed by atoms with Crippen molar-refractivity contribution in [3.05, 3.63) is 29.3 Å². The molecular weight excluding hydrogens is 266 g/mol. The van der Waals surface area contributed by atoms with Crippen LogP contribution in [-0.4, -0.2) is 43.6 Å². The molecule has 1 atom stereocenters. The molecule has 0 amide bonds. The molecule has 1 saturated heterocycles. The number of aryl methyl sites for hydroxylation is 1. The summed E-state index contributed by atoms with van der Waals surface area (Å²) >= 11 is 0. The number of fused-ring (bicyclic) bond motifs is 1. The Bertz CT molecular complexity index is 483. The predicted molar refractivity (Wildman–Crippen MR) is 81.8 cm³/mol. The molecule has 1 aromatic carbocycles. The fraction of sp³-hybridized carbons (Fsp3) is 0.647. The van der Waals surface area contributed by atoms with Crippen molar-refractivity contribution in [2.75, 3.05) is 26.9 Å². The van der Waals surface area contributed by atoms with Crippen molar-refractivity contribution in [2.24, 2.45) is 0 Å². The molecule has 2 aliphatic rings. The van der Waals surface area contributed by atoms with Crippen LogP contribution in [0.15, 0.2) is 18.2 Å². The second-order valence-corrected chi connectivity index (χ2v) is 6.29. The zero-order valence-electron chi connectivity index (χ0n) is 12.7. The fourth-order valence-electron chi connectivity index (χ4n) is 3.30. The van der Waals surface area contributed by atoms with Gasteiger partial charge in [0.15, 0.2) is 0 Å². The third kappa shape index (κ3) is 3.57. The van der Waals surface area contributed by atoms with Gasteiger partial charge in [-0.1, -0.05) is 6.07 Å². The molecule has 0 aromatic heterocycles. The number of hydrogen-bond acceptors (Lipinski definition) is 4. The first-order valence-corrected chi connectivity index (χ1v) is 7.88. The number of benzene rings is 1. The van der Waals surface area contributed by atoms with Gasteiger partial charge in [-0.25, -0.2) is 0 Å². The van der Waals surface area contributed by atoms with Gasteiger partial charge in [-0.15, -0.1) is 0 Å². The van der Waals surface area contributed by atoms with Crippen LogP contribution in [0.1, 0.15) is 30.4 Å². The first-order chi connectivity index (χ1) is 10.2. The van der Waals surface area contributed by atoms with E-state index in [1.807, 2.05) is 6.07 Å². The van der Waals surface area contributed by atoms with Crippen LogP contribution >= 0.6 is 0 Å². The summed E-state index contributed by atoms with van der Waals surface area (Å²) in [5, 5.41) is 14.1. The molecule has 21 heavy (non-hydrogen) atoms. The van der Waals surface area contributed by atoms with Gasteiger partial charge in [0, 0.05) is 38.6 Å². The minimum absolute atomic E-state index is 0.441. The fourth-order valence-corrected chi connectivity index (χ4v) is 3.30. The number of nitrogens with one attached hydrogen (secondary N) is 1. The molecular formula is C17H25NO3. The van der Waals surface area contributed by atoms with Gasteiger partial charge in [0.05, 0.1) is 12.7 Å². The van der Waals surface area contributed by atoms with Gasteiger partial charge in [-0.05, 0) is 42.5 Å². The zero-order valence-corrected chi connectivity index (χ0v) is 12.7. The van der Waals surface area contributed by atoms with Crippen molar-refractivity contribution in [1.29, 1.82) is 0 Å². The van der Waals surface area contributed by atoms with Crippen LogP contribution in [0, 0.1) is 0 Å². The Morgan fingerprint density at radius 2 is 2.14 bits per heavy atom. The van der Waals surface area contributed by atoms with E-state index in [1.54, 1.807) is 7.11 Å². The lowest BCUT2D eigenvalue weighted by Crippen LogP contribution is -2.48. The van der Waals surface area contributed by atoms with E-state index in [4.69, 9.17) is 9.47 Å². The van der Waals surface area contributed by atoms with Crippen LogP contribution in [0.2, 0.25) is 0 Å². The van der Waals surface area contributed by atoms with Gasteiger partial charge in [0.1, 0.15) is 5.75 Å². The predicted octanol–water partition coefficient (Wildman–Crippen LogP) is 1.68. The minimum Gasteiger partial charge on any atom is -0.497 e. The average Bonchev–Trinajstić information content (AvgIpc) is 2.53. The van der Waals surface area contributed by atoms with Crippen molar-refractivity contribution in [2.45, 2.75) is 43.7 Å². The van der Waals surface area contributed by atoms with Crippen LogP contribution in [-0.2, 0) is 17.6 Å². The van der Waals surface area contributed by atoms with Gasteiger partial charge in [0.25, 0.3) is 0 Å². The largest absolute Gasteiger partial charge is 0.497 e. The topological polar surface area (TPSA) is 50.7 Å². The van der Waals surface area contributed by atoms with Gasteiger partial charge < -0.3 is 19.9 Å². The Morgan fingerprint density at radius 1 is 1.33 bits per heavy atom. The Morgan fingerprint density at radius 3 is 2.90 bits per heavy atom. The van der Waals surface area contributed by atoms with Crippen LogP contribution < -0.4 is 10.1 Å². The molecule has 1 fully saturated rings. The molecule has 1 heterocycles. The van der Waals surface area contributed by atoms with Crippen molar-refractivity contribution >= 4 is 0 Å². The second-order valence-electron chi connectivity index (χ2n) is 6.29. The maximum atomic E-state index is 10.5. The summed E-state index contributed by atoms with van der Waals surface area (Å²) in [6, 6.07) is 6.80. The standard InChI is InChI=1S/C17H25NO3/c1-20-16-5-3-13-2-4-15(10-14(13)11-16)18-12-17(19)6-8-21-9-7-17/h3,5,11,15,18-19H,2,4,6-10,12H2,1H3. The van der Waals surface area contributed by atoms with Crippen LogP contribution in [0.25, 0.3) is 0 Å². The number of rotatable bonds is 4. The van der Waals surface area contributed by atoms with Crippen molar-refractivity contribution < 1.29 is 14.6 Å². The second kappa shape index (κ2) is 6.34. The summed E-state index contributed by atoms with van der Waals surface area (Å²) < 4.78 is 10.6. The minimum atomic E-state index is -0.590. The van der Waals surface area contributed by atoms with Gasteiger partial charge >= 0.3 is 0 Å². The summed E-state index contributed by atoms with van der Waals surface area (Å²) in [4.78, 5) is 0. The maximum absolute atomic E-state index is 10.5. The van der Waals surface area contributed by atoms with E-state index in [9.17, 15) is 5.11 Å². The molecule has 2 N–H and O–H groups in total. The van der Waals surface area contributed by atoms with E-state index in [0.717, 1.165) is 37.9 Å². The number of aliphatic hydroxyl groups is 1. The Balaban J connectivity index is 1.58. The van der Waals surface area contributed by atoms with E-state index in [1.165, 1.54) is 11.1 Å². The first kappa shape index (κ1) is 14.8. The molecule has 4 heteroatoms. The van der Waals surface area contributed by atoms with Crippen LogP contribution in [0.5, 0.6) is 5.75 Å². The first-order valence-electron chi connectivity index (χ1n) is 7.88. The van der Waals surface area contributed by atoms with Crippen molar-refractivity contribution in [3.63, 3.8) is 0 Å². The number of methoxy groups -OCH3 is 1. The van der Waals surface area contributed by atoms with Gasteiger partial charge in [0.2, 0.25) is 0 Å². The number of ether oxygens (including phenoxy) is 2. The lowest BCUT2D eigenvalue weighted by Gasteiger charge is -2.35. The molecule has 4 nitrogen and oxygen atoms in total. The van der Waals surface area contributed by atoms with E-state index >= 15 is 0 Å². The van der Waals surface area contributed by atoms with Gasteiger partial charge in [-0.2, -0.15) is 0 Å². The quantitative estimate of drug-likeness (QED) is 0.886. The molecule has 1 unspecified atom stereocenters. The monoisotopic (exact) mass is 291 g/mol. The Labute approximate surface area is 126 Å². The molecule has 3 rings (SSSR count). The van der Waals surface area contributed by atoms with E-state index in [-0.39, 0.29) is 0 Å². The Kier molecular flexibility index (Phi) is 4.48. The van der Waals surface area contributed by atoms with Gasteiger partial charge in [-0.3, -0.25) is 0 Å². The molecule has 0 bridgehead atoms. The van der Waals surface area contributed by atoms with E-state index < -0.39 is 5.60 Å². The summed E-state index contributed by atoms with van der Waals surface area (Å²) in [5.74, 6) is 0.928. The summed E-state index contributed by atoms with van der Waals surface area (Å²) in [5.41, 5.74) is 2.21. The molecule has 1 aliphatic carbocycles. The lowest BCUT2D eigenvalue weighted by atomic mass is 9.87. The third-order valence-corrected chi connectivity index (χ3v) is 4.79. The Hall–Kier alpha value is -1.10. The van der Waals surface area contributed by atoms with Crippen molar-refractivity contribution in [3.8, 4) is 5.75 Å². The smallest absolute Gasteiger partial charge is 0.119 e. The van der Waals surface area contributed by atoms with Crippen LogP contribution in [0.4, 0.5) is 0 Å². The summed E-state index contributed by atoms with van der Waals surface area (Å²) in [7, 11) is 1.71. The maximum Gasteiger partial charge on any atom is 0.119 e. The molecule has 0 spiro atoms. The average molecular weight is 291 g/mol. The van der Waals surface area contributed by atoms with Crippen molar-refractivity contribution in [1.82, 2.24) is 5.32 Å². The lowest BCUT2D eigenvalue weighted by molar-refractivity contribution is -0.0629. The SMILES string of the molecule is COc1ccc2c(c1)CC(NCC1(O)CCOCC1)CC2. The molecule has 0 radical (unpaired) electrons. The molecule has 0 saturated carbocycles. The van der Waals surface area contributed by atoms with E-state index in [2.05, 4.69) is 17.4 Å². The molecule has 1 aliphatic heterocycles. The highest BCUT2D eigenvalue weighted by molar-refractivity contribution is 5.37. The normalized spacial score (nSPS) is 24.4. The molecule has 116 valence electrons. The van der Waals surface area contributed by atoms with Crippen LogP contribution in [0.3, 0.4) is 0 Å². The molecule has 1 aromatic rings. The van der Waals surface area contributed by atoms with E-state index in [0.29, 0.717) is 25.8 Å².